The number of allylic oxidation sites excluding steroid dienone is 1. The van der Waals surface area contributed by atoms with Crippen LogP contribution in [0.5, 0.6) is 0 Å². The van der Waals surface area contributed by atoms with E-state index >= 15 is 0 Å². The molecule has 1 aliphatic heterocycles. The average Bonchev–Trinajstić information content (AvgIpc) is 2.94. The van der Waals surface area contributed by atoms with Crippen molar-refractivity contribution in [3.05, 3.63) is 30.2 Å². The number of hydrogen-bond donors (Lipinski definition) is 1. The number of ether oxygens (including phenoxy) is 1. The first kappa shape index (κ1) is 20.3. The van der Waals surface area contributed by atoms with Gasteiger partial charge in [-0.25, -0.2) is 9.97 Å². The summed E-state index contributed by atoms with van der Waals surface area (Å²) in [5.41, 5.74) is 1.87. The lowest BCUT2D eigenvalue weighted by molar-refractivity contribution is -0.137. The van der Waals surface area contributed by atoms with Gasteiger partial charge in [0.1, 0.15) is 17.7 Å². The summed E-state index contributed by atoms with van der Waals surface area (Å²) in [6.07, 6.45) is 13.2. The van der Waals surface area contributed by atoms with Crippen LogP contribution in [0.4, 0.5) is 5.82 Å². The zero-order valence-corrected chi connectivity index (χ0v) is 17.7. The van der Waals surface area contributed by atoms with E-state index in [4.69, 9.17) is 4.74 Å². The molecule has 3 aliphatic rings. The zero-order valence-electron chi connectivity index (χ0n) is 17.7. The summed E-state index contributed by atoms with van der Waals surface area (Å²) in [6, 6.07) is 0. The molecule has 0 bridgehead atoms. The fourth-order valence-corrected chi connectivity index (χ4v) is 5.03. The maximum absolute atomic E-state index is 12.9. The normalized spacial score (nSPS) is 26.0. The lowest BCUT2D eigenvalue weighted by Gasteiger charge is -2.44. The number of carbonyl (C=O) groups is 1. The van der Waals surface area contributed by atoms with Crippen LogP contribution in [0.2, 0.25) is 0 Å². The van der Waals surface area contributed by atoms with Crippen LogP contribution < -0.4 is 10.2 Å². The molecular weight excluding hydrogens is 364 g/mol. The van der Waals surface area contributed by atoms with E-state index in [0.717, 1.165) is 57.4 Å². The van der Waals surface area contributed by atoms with Crippen molar-refractivity contribution in [1.29, 1.82) is 0 Å². The Morgan fingerprint density at radius 1 is 1.28 bits per heavy atom. The van der Waals surface area contributed by atoms with Crippen LogP contribution in [0, 0.1) is 5.41 Å². The lowest BCUT2D eigenvalue weighted by atomic mass is 9.66. The Labute approximate surface area is 174 Å². The quantitative estimate of drug-likeness (QED) is 0.589. The first-order valence-electron chi connectivity index (χ1n) is 11.2. The maximum atomic E-state index is 12.9. The molecular formula is C23H34N4O2. The predicted molar refractivity (Wildman–Crippen MR) is 114 cm³/mol. The van der Waals surface area contributed by atoms with Crippen LogP contribution in [0.15, 0.2) is 19.0 Å². The van der Waals surface area contributed by atoms with E-state index in [1.807, 2.05) is 6.08 Å². The van der Waals surface area contributed by atoms with Crippen molar-refractivity contribution in [2.24, 2.45) is 5.41 Å². The second kappa shape index (κ2) is 8.42. The maximum Gasteiger partial charge on any atom is 0.226 e. The van der Waals surface area contributed by atoms with Crippen molar-refractivity contribution in [2.75, 3.05) is 31.1 Å². The number of nitrogens with one attached hydrogen (secondary N) is 1. The first-order valence-corrected chi connectivity index (χ1v) is 11.2. The number of nitrogens with zero attached hydrogens (tertiary/aromatic N) is 3. The number of morpholine rings is 1. The molecule has 2 aliphatic carbocycles. The molecule has 2 fully saturated rings. The number of fused-ring (bicyclic) bond motifs is 1. The minimum atomic E-state index is -0.421. The van der Waals surface area contributed by atoms with Gasteiger partial charge in [0.2, 0.25) is 5.91 Å². The number of aryl methyl sites for hydroxylation is 1. The summed E-state index contributed by atoms with van der Waals surface area (Å²) >= 11 is 0. The van der Waals surface area contributed by atoms with Gasteiger partial charge < -0.3 is 15.0 Å². The van der Waals surface area contributed by atoms with Gasteiger partial charge in [-0.2, -0.15) is 0 Å². The van der Waals surface area contributed by atoms with Crippen molar-refractivity contribution in [1.82, 2.24) is 15.3 Å². The van der Waals surface area contributed by atoms with Crippen molar-refractivity contribution in [3.8, 4) is 0 Å². The summed E-state index contributed by atoms with van der Waals surface area (Å²) < 4.78 is 6.14. The van der Waals surface area contributed by atoms with Crippen LogP contribution in [0.3, 0.4) is 0 Å². The van der Waals surface area contributed by atoms with Crippen LogP contribution in [0.1, 0.15) is 63.1 Å². The number of amides is 1. The van der Waals surface area contributed by atoms with E-state index in [1.54, 1.807) is 6.33 Å². The Balaban J connectivity index is 1.44. The van der Waals surface area contributed by atoms with Crippen molar-refractivity contribution >= 4 is 11.7 Å². The van der Waals surface area contributed by atoms with E-state index in [0.29, 0.717) is 13.2 Å². The Bertz CT molecular complexity index is 761. The molecule has 1 aromatic heterocycles. The van der Waals surface area contributed by atoms with E-state index < -0.39 is 5.60 Å². The van der Waals surface area contributed by atoms with E-state index in [9.17, 15) is 4.79 Å². The van der Waals surface area contributed by atoms with Gasteiger partial charge in [-0.15, -0.1) is 6.58 Å². The van der Waals surface area contributed by atoms with Crippen LogP contribution in [0.25, 0.3) is 0 Å². The smallest absolute Gasteiger partial charge is 0.226 e. The molecule has 0 radical (unpaired) electrons. The van der Waals surface area contributed by atoms with E-state index in [2.05, 4.69) is 33.7 Å². The lowest BCUT2D eigenvalue weighted by Crippen LogP contribution is -2.58. The van der Waals surface area contributed by atoms with Gasteiger partial charge in [0.05, 0.1) is 12.0 Å². The van der Waals surface area contributed by atoms with E-state index in [1.165, 1.54) is 30.5 Å². The largest absolute Gasteiger partial charge is 0.370 e. The molecule has 0 aromatic carbocycles. The fraction of sp³-hybridized carbons (Fsp3) is 0.696. The van der Waals surface area contributed by atoms with Gasteiger partial charge in [-0.1, -0.05) is 18.9 Å². The summed E-state index contributed by atoms with van der Waals surface area (Å²) in [4.78, 5) is 24.4. The SMILES string of the molecule is C=CCC1(C(=O)NCC2(C)CN(c3ncnc4c3CCCCC4)CCO2)CCC1. The third kappa shape index (κ3) is 4.18. The third-order valence-electron chi connectivity index (χ3n) is 6.94. The molecule has 1 N–H and O–H groups in total. The summed E-state index contributed by atoms with van der Waals surface area (Å²) in [5.74, 6) is 1.22. The molecule has 1 unspecified atom stereocenters. The Morgan fingerprint density at radius 2 is 2.10 bits per heavy atom. The minimum Gasteiger partial charge on any atom is -0.370 e. The number of carbonyl (C=O) groups excluding carboxylic acids is 1. The molecule has 1 aromatic rings. The fourth-order valence-electron chi connectivity index (χ4n) is 5.03. The molecule has 2 heterocycles. The van der Waals surface area contributed by atoms with E-state index in [-0.39, 0.29) is 11.3 Å². The van der Waals surface area contributed by atoms with Crippen LogP contribution in [-0.4, -0.2) is 47.7 Å². The number of aromatic nitrogens is 2. The molecule has 1 saturated heterocycles. The zero-order chi connectivity index (χ0) is 20.3. The number of rotatable bonds is 6. The topological polar surface area (TPSA) is 67.4 Å². The molecule has 0 spiro atoms. The molecule has 1 atom stereocenters. The molecule has 6 heteroatoms. The Kier molecular flexibility index (Phi) is 5.91. The monoisotopic (exact) mass is 398 g/mol. The summed E-state index contributed by atoms with van der Waals surface area (Å²) in [7, 11) is 0. The Morgan fingerprint density at radius 3 is 2.86 bits per heavy atom. The average molecular weight is 399 g/mol. The summed E-state index contributed by atoms with van der Waals surface area (Å²) in [5, 5.41) is 3.19. The van der Waals surface area contributed by atoms with Crippen molar-refractivity contribution in [2.45, 2.75) is 70.3 Å². The molecule has 4 rings (SSSR count). The highest BCUT2D eigenvalue weighted by Gasteiger charge is 2.44. The van der Waals surface area contributed by atoms with Gasteiger partial charge in [0.15, 0.2) is 0 Å². The molecule has 29 heavy (non-hydrogen) atoms. The second-order valence-electron chi connectivity index (χ2n) is 9.21. The Hall–Kier alpha value is -1.95. The second-order valence-corrected chi connectivity index (χ2v) is 9.21. The number of anilines is 1. The van der Waals surface area contributed by atoms with Crippen molar-refractivity contribution in [3.63, 3.8) is 0 Å². The highest BCUT2D eigenvalue weighted by molar-refractivity contribution is 5.83. The van der Waals surface area contributed by atoms with Gasteiger partial charge in [0.25, 0.3) is 0 Å². The van der Waals surface area contributed by atoms with Gasteiger partial charge in [0, 0.05) is 30.9 Å². The number of hydrogen-bond acceptors (Lipinski definition) is 5. The standard InChI is InChI=1S/C23H34N4O2/c1-3-10-23(11-7-12-23)21(28)24-15-22(2)16-27(13-14-29-22)20-18-8-5-4-6-9-19(18)25-17-26-20/h3,17H,1,4-16H2,2H3,(H,24,28). The molecule has 1 amide bonds. The minimum absolute atomic E-state index is 0.154. The highest BCUT2D eigenvalue weighted by Crippen LogP contribution is 2.44. The van der Waals surface area contributed by atoms with Crippen LogP contribution in [-0.2, 0) is 22.4 Å². The van der Waals surface area contributed by atoms with Gasteiger partial charge in [-0.05, 0) is 51.9 Å². The van der Waals surface area contributed by atoms with Gasteiger partial charge >= 0.3 is 0 Å². The molecule has 1 saturated carbocycles. The first-order chi connectivity index (χ1) is 14.1. The van der Waals surface area contributed by atoms with Gasteiger partial charge in [-0.3, -0.25) is 4.79 Å². The van der Waals surface area contributed by atoms with Crippen LogP contribution >= 0.6 is 0 Å². The highest BCUT2D eigenvalue weighted by atomic mass is 16.5. The molecule has 6 nitrogen and oxygen atoms in total. The predicted octanol–water partition coefficient (Wildman–Crippen LogP) is 3.20. The third-order valence-corrected chi connectivity index (χ3v) is 6.94. The summed E-state index contributed by atoms with van der Waals surface area (Å²) in [6.45, 7) is 8.65. The molecule has 158 valence electrons. The van der Waals surface area contributed by atoms with Crippen molar-refractivity contribution < 1.29 is 9.53 Å².